The van der Waals surface area contributed by atoms with Gasteiger partial charge in [0.25, 0.3) is 0 Å². The summed E-state index contributed by atoms with van der Waals surface area (Å²) in [5, 5.41) is 0. The molecule has 32 heavy (non-hydrogen) atoms. The molecule has 0 fully saturated rings. The molecule has 0 unspecified atom stereocenters. The fraction of sp³-hybridized carbons (Fsp3) is 0.214. The molecule has 0 radical (unpaired) electrons. The molecule has 4 nitrogen and oxygen atoms in total. The summed E-state index contributed by atoms with van der Waals surface area (Å²) >= 11 is 0. The van der Waals surface area contributed by atoms with E-state index in [2.05, 4.69) is 0 Å². The molecule has 0 aliphatic heterocycles. The summed E-state index contributed by atoms with van der Waals surface area (Å²) in [6.07, 6.45) is 1.31. The van der Waals surface area contributed by atoms with Crippen LogP contribution in [0.2, 0.25) is 0 Å². The van der Waals surface area contributed by atoms with Gasteiger partial charge >= 0.3 is 0 Å². The second kappa shape index (κ2) is 10.6. The van der Waals surface area contributed by atoms with E-state index < -0.39 is 0 Å². The van der Waals surface area contributed by atoms with E-state index in [1.54, 1.807) is 24.3 Å². The van der Waals surface area contributed by atoms with Gasteiger partial charge in [-0.15, -0.1) is 0 Å². The lowest BCUT2D eigenvalue weighted by Crippen LogP contribution is -2.10. The van der Waals surface area contributed by atoms with Crippen LogP contribution in [0.3, 0.4) is 0 Å². The number of ketones is 4. The highest BCUT2D eigenvalue weighted by molar-refractivity contribution is 6.15. The van der Waals surface area contributed by atoms with Crippen molar-refractivity contribution in [2.24, 2.45) is 0 Å². The van der Waals surface area contributed by atoms with Gasteiger partial charge in [0.15, 0.2) is 23.1 Å². The largest absolute Gasteiger partial charge is 0.294 e. The van der Waals surface area contributed by atoms with Crippen LogP contribution in [0.1, 0.15) is 79.2 Å². The number of Topliss-reactive ketones (excluding diaryl/α,β-unsaturated/α-hetero) is 4. The summed E-state index contributed by atoms with van der Waals surface area (Å²) < 4.78 is 0. The Bertz CT molecular complexity index is 1030. The maximum Gasteiger partial charge on any atom is 0.170 e. The zero-order chi connectivity index (χ0) is 23.1. The highest BCUT2D eigenvalue weighted by atomic mass is 16.2. The van der Waals surface area contributed by atoms with Gasteiger partial charge in [-0.3, -0.25) is 19.2 Å². The predicted octanol–water partition coefficient (Wildman–Crippen LogP) is 5.72. The van der Waals surface area contributed by atoms with Crippen molar-refractivity contribution in [3.05, 3.63) is 106 Å². The number of carbonyl (C=O) groups excluding carboxylic acids is 4. The van der Waals surface area contributed by atoms with Crippen LogP contribution >= 0.6 is 0 Å². The van der Waals surface area contributed by atoms with Crippen LogP contribution in [0.5, 0.6) is 0 Å². The smallest absolute Gasteiger partial charge is 0.170 e. The summed E-state index contributed by atoms with van der Waals surface area (Å²) in [6.45, 7) is 4.07. The second-order valence-corrected chi connectivity index (χ2v) is 7.72. The molecular weight excluding hydrogens is 400 g/mol. The highest BCUT2D eigenvalue weighted by Gasteiger charge is 2.16. The number of hydrogen-bond donors (Lipinski definition) is 0. The van der Waals surface area contributed by atoms with E-state index >= 15 is 0 Å². The molecule has 162 valence electrons. The molecule has 0 atom stereocenters. The first-order valence-electron chi connectivity index (χ1n) is 10.8. The second-order valence-electron chi connectivity index (χ2n) is 7.72. The van der Waals surface area contributed by atoms with Gasteiger partial charge in [0.2, 0.25) is 0 Å². The number of hydrogen-bond acceptors (Lipinski definition) is 4. The molecule has 0 aliphatic carbocycles. The van der Waals surface area contributed by atoms with Gasteiger partial charge in [-0.05, 0) is 24.0 Å². The third kappa shape index (κ3) is 5.73. The van der Waals surface area contributed by atoms with Crippen molar-refractivity contribution < 1.29 is 19.2 Å². The summed E-state index contributed by atoms with van der Waals surface area (Å²) in [6, 6.07) is 20.6. The minimum atomic E-state index is -0.305. The van der Waals surface area contributed by atoms with Crippen molar-refractivity contribution in [3.8, 4) is 0 Å². The molecular formula is C28H26O4. The molecule has 0 amide bonds. The molecule has 0 bridgehead atoms. The number of rotatable bonds is 10. The molecule has 4 heteroatoms. The van der Waals surface area contributed by atoms with Crippen molar-refractivity contribution in [1.82, 2.24) is 0 Å². The average molecular weight is 427 g/mol. The molecule has 0 heterocycles. The summed E-state index contributed by atoms with van der Waals surface area (Å²) in [5.74, 6) is -1.09. The van der Waals surface area contributed by atoms with Crippen LogP contribution in [0.15, 0.2) is 72.8 Å². The van der Waals surface area contributed by atoms with Crippen molar-refractivity contribution in [3.63, 3.8) is 0 Å². The van der Waals surface area contributed by atoms with E-state index in [9.17, 15) is 19.2 Å². The molecule has 0 N–H and O–H groups in total. The van der Waals surface area contributed by atoms with Crippen molar-refractivity contribution in [2.75, 3.05) is 0 Å². The Balaban J connectivity index is 1.60. The van der Waals surface area contributed by atoms with Crippen LogP contribution in [0.4, 0.5) is 0 Å². The first kappa shape index (κ1) is 23.0. The Morgan fingerprint density at radius 2 is 0.656 bits per heavy atom. The fourth-order valence-electron chi connectivity index (χ4n) is 3.39. The fourth-order valence-corrected chi connectivity index (χ4v) is 3.39. The number of aryl methyl sites for hydroxylation is 2. The van der Waals surface area contributed by atoms with E-state index in [0.29, 0.717) is 22.3 Å². The minimum absolute atomic E-state index is 0.231. The standard InChI is InChI=1S/C28H26O4/c1-3-19-5-9-21(10-6-19)25(29)17-27(31)23-13-15-24(16-14-23)28(32)18-26(30)22-11-7-20(4-2)8-12-22/h5-16H,3-4,17-18H2,1-2H3. The van der Waals surface area contributed by atoms with E-state index in [0.717, 1.165) is 24.0 Å². The zero-order valence-corrected chi connectivity index (χ0v) is 18.4. The van der Waals surface area contributed by atoms with Gasteiger partial charge in [-0.1, -0.05) is 86.6 Å². The van der Waals surface area contributed by atoms with Gasteiger partial charge in [-0.2, -0.15) is 0 Å². The molecule has 0 saturated carbocycles. The quantitative estimate of drug-likeness (QED) is 0.307. The van der Waals surface area contributed by atoms with E-state index in [1.807, 2.05) is 38.1 Å². The van der Waals surface area contributed by atoms with E-state index in [1.165, 1.54) is 24.3 Å². The third-order valence-electron chi connectivity index (χ3n) is 5.54. The van der Waals surface area contributed by atoms with Gasteiger partial charge in [-0.25, -0.2) is 0 Å². The van der Waals surface area contributed by atoms with E-state index in [4.69, 9.17) is 0 Å². The topological polar surface area (TPSA) is 68.3 Å². The molecule has 3 aromatic rings. The SMILES string of the molecule is CCc1ccc(C(=O)CC(=O)c2ccc(C(=O)CC(=O)c3ccc(CC)cc3)cc2)cc1. The normalized spacial score (nSPS) is 10.6. The Kier molecular flexibility index (Phi) is 7.61. The number of carbonyl (C=O) groups is 4. The van der Waals surface area contributed by atoms with Crippen LogP contribution in [-0.2, 0) is 12.8 Å². The Hall–Kier alpha value is -3.66. The monoisotopic (exact) mass is 426 g/mol. The molecule has 0 aliphatic rings. The molecule has 0 saturated heterocycles. The van der Waals surface area contributed by atoms with Crippen molar-refractivity contribution in [2.45, 2.75) is 39.5 Å². The Labute approximate surface area is 188 Å². The van der Waals surface area contributed by atoms with Gasteiger partial charge in [0.1, 0.15) is 0 Å². The van der Waals surface area contributed by atoms with Crippen LogP contribution in [-0.4, -0.2) is 23.1 Å². The lowest BCUT2D eigenvalue weighted by molar-refractivity contribution is 0.0876. The van der Waals surface area contributed by atoms with Crippen molar-refractivity contribution in [1.29, 1.82) is 0 Å². The predicted molar refractivity (Wildman–Crippen MR) is 125 cm³/mol. The van der Waals surface area contributed by atoms with Crippen LogP contribution in [0.25, 0.3) is 0 Å². The van der Waals surface area contributed by atoms with Gasteiger partial charge in [0, 0.05) is 22.3 Å². The third-order valence-corrected chi connectivity index (χ3v) is 5.54. The summed E-state index contributed by atoms with van der Waals surface area (Å²) in [5.41, 5.74) is 4.00. The first-order valence-corrected chi connectivity index (χ1v) is 10.8. The molecule has 0 aromatic heterocycles. The zero-order valence-electron chi connectivity index (χ0n) is 18.4. The Morgan fingerprint density at radius 3 is 0.875 bits per heavy atom. The lowest BCUT2D eigenvalue weighted by Gasteiger charge is -2.05. The first-order chi connectivity index (χ1) is 15.4. The minimum Gasteiger partial charge on any atom is -0.294 e. The van der Waals surface area contributed by atoms with E-state index in [-0.39, 0.29) is 36.0 Å². The maximum atomic E-state index is 12.5. The van der Waals surface area contributed by atoms with Gasteiger partial charge < -0.3 is 0 Å². The average Bonchev–Trinajstić information content (AvgIpc) is 2.84. The maximum absolute atomic E-state index is 12.5. The highest BCUT2D eigenvalue weighted by Crippen LogP contribution is 2.14. The van der Waals surface area contributed by atoms with Gasteiger partial charge in [0.05, 0.1) is 12.8 Å². The Morgan fingerprint density at radius 1 is 0.438 bits per heavy atom. The molecule has 0 spiro atoms. The lowest BCUT2D eigenvalue weighted by atomic mass is 9.97. The van der Waals surface area contributed by atoms with Crippen LogP contribution in [0, 0.1) is 0 Å². The molecule has 3 aromatic carbocycles. The molecule has 3 rings (SSSR count). The summed E-state index contributed by atoms with van der Waals surface area (Å²) in [7, 11) is 0. The number of benzene rings is 3. The summed E-state index contributed by atoms with van der Waals surface area (Å²) in [4.78, 5) is 49.7. The van der Waals surface area contributed by atoms with Crippen LogP contribution < -0.4 is 0 Å². The van der Waals surface area contributed by atoms with Crippen molar-refractivity contribution >= 4 is 23.1 Å².